The van der Waals surface area contributed by atoms with Gasteiger partial charge in [-0.3, -0.25) is 10.1 Å². The van der Waals surface area contributed by atoms with Crippen LogP contribution < -0.4 is 10.6 Å². The molecular weight excluding hydrogens is 384 g/mol. The summed E-state index contributed by atoms with van der Waals surface area (Å²) in [5, 5.41) is 5.22. The van der Waals surface area contributed by atoms with Crippen LogP contribution >= 0.6 is 0 Å². The summed E-state index contributed by atoms with van der Waals surface area (Å²) in [6.07, 6.45) is 7.32. The van der Waals surface area contributed by atoms with Crippen LogP contribution in [0.2, 0.25) is 0 Å². The number of carbonyl (C=O) groups is 2. The summed E-state index contributed by atoms with van der Waals surface area (Å²) in [5.41, 5.74) is -0.272. The molecule has 8 nitrogen and oxygen atoms in total. The van der Waals surface area contributed by atoms with Crippen molar-refractivity contribution in [1.82, 2.24) is 20.4 Å². The van der Waals surface area contributed by atoms with Crippen LogP contribution in [-0.4, -0.2) is 67.7 Å². The van der Waals surface area contributed by atoms with Gasteiger partial charge in [-0.2, -0.15) is 0 Å². The van der Waals surface area contributed by atoms with Crippen molar-refractivity contribution in [1.29, 1.82) is 0 Å². The number of amides is 2. The highest BCUT2D eigenvalue weighted by Crippen LogP contribution is 2.30. The molecule has 0 aromatic rings. The van der Waals surface area contributed by atoms with Gasteiger partial charge in [0.15, 0.2) is 0 Å². The first-order valence-corrected chi connectivity index (χ1v) is 10.1. The molecule has 2 heterocycles. The highest BCUT2D eigenvalue weighted by atomic mass is 16.6. The predicted molar refractivity (Wildman–Crippen MR) is 116 cm³/mol. The monoisotopic (exact) mass is 418 g/mol. The van der Waals surface area contributed by atoms with Gasteiger partial charge in [-0.15, -0.1) is 0 Å². The number of rotatable bonds is 7. The van der Waals surface area contributed by atoms with E-state index < -0.39 is 11.7 Å². The minimum absolute atomic E-state index is 0.356. The van der Waals surface area contributed by atoms with Gasteiger partial charge in [0.05, 0.1) is 12.8 Å². The van der Waals surface area contributed by atoms with E-state index in [1.165, 1.54) is 13.3 Å². The molecule has 2 unspecified atom stereocenters. The number of nitrogens with zero attached hydrogens (tertiary/aromatic N) is 2. The average Bonchev–Trinajstić information content (AvgIpc) is 3.16. The molecule has 0 saturated carbocycles. The molecule has 0 aliphatic carbocycles. The molecule has 30 heavy (non-hydrogen) atoms. The number of fused-ring (bicyclic) bond motifs is 1. The smallest absolute Gasteiger partial charge is 0.412 e. The van der Waals surface area contributed by atoms with Crippen molar-refractivity contribution in [3.05, 3.63) is 48.7 Å². The summed E-state index contributed by atoms with van der Waals surface area (Å²) < 4.78 is 10.8. The third kappa shape index (κ3) is 7.26. The maximum Gasteiger partial charge on any atom is 0.412 e. The Balaban J connectivity index is 2.14. The molecule has 166 valence electrons. The zero-order chi connectivity index (χ0) is 22.3. The van der Waals surface area contributed by atoms with Gasteiger partial charge in [0, 0.05) is 38.6 Å². The Kier molecular flexibility index (Phi) is 8.11. The lowest BCUT2D eigenvalue weighted by Gasteiger charge is -2.20. The number of allylic oxidation sites excluding steroid dienone is 2. The molecule has 8 heteroatoms. The fourth-order valence-electron chi connectivity index (χ4n) is 3.69. The van der Waals surface area contributed by atoms with Crippen LogP contribution in [0.1, 0.15) is 20.8 Å². The molecule has 2 atom stereocenters. The number of methoxy groups -OCH3 is 1. The summed E-state index contributed by atoms with van der Waals surface area (Å²) in [5.74, 6) is 1.45. The first-order valence-electron chi connectivity index (χ1n) is 10.1. The highest BCUT2D eigenvalue weighted by Gasteiger charge is 2.37. The van der Waals surface area contributed by atoms with Gasteiger partial charge in [-0.1, -0.05) is 6.58 Å². The molecule has 0 aromatic heterocycles. The van der Waals surface area contributed by atoms with E-state index in [9.17, 15) is 9.59 Å². The van der Waals surface area contributed by atoms with Crippen molar-refractivity contribution in [2.24, 2.45) is 11.8 Å². The van der Waals surface area contributed by atoms with E-state index in [-0.39, 0.29) is 5.91 Å². The number of hydrogen-bond acceptors (Lipinski definition) is 6. The third-order valence-corrected chi connectivity index (χ3v) is 4.92. The van der Waals surface area contributed by atoms with Gasteiger partial charge < -0.3 is 24.6 Å². The maximum atomic E-state index is 12.3. The summed E-state index contributed by atoms with van der Waals surface area (Å²) in [7, 11) is 3.69. The van der Waals surface area contributed by atoms with E-state index in [1.807, 2.05) is 12.3 Å². The minimum atomic E-state index is -0.639. The lowest BCUT2D eigenvalue weighted by molar-refractivity contribution is -0.115. The predicted octanol–water partition coefficient (Wildman–Crippen LogP) is 2.19. The van der Waals surface area contributed by atoms with Gasteiger partial charge in [0.1, 0.15) is 11.4 Å². The lowest BCUT2D eigenvalue weighted by atomic mass is 10.0. The van der Waals surface area contributed by atoms with Gasteiger partial charge >= 0.3 is 6.09 Å². The van der Waals surface area contributed by atoms with E-state index in [0.717, 1.165) is 32.3 Å². The minimum Gasteiger partial charge on any atom is -0.495 e. The first kappa shape index (κ1) is 23.5. The first-order chi connectivity index (χ1) is 14.1. The molecule has 2 aliphatic heterocycles. The molecular formula is C22H34N4O4. The number of ether oxygens (including phenoxy) is 2. The van der Waals surface area contributed by atoms with Gasteiger partial charge in [0.25, 0.3) is 0 Å². The van der Waals surface area contributed by atoms with Crippen molar-refractivity contribution < 1.29 is 19.1 Å². The number of likely N-dealkylation sites (tertiary alicyclic amines) is 2. The van der Waals surface area contributed by atoms with Crippen molar-refractivity contribution in [2.45, 2.75) is 26.4 Å². The molecule has 2 saturated heterocycles. The van der Waals surface area contributed by atoms with Crippen molar-refractivity contribution in [2.75, 3.05) is 40.3 Å². The number of nitrogens with one attached hydrogen (secondary N) is 2. The van der Waals surface area contributed by atoms with Crippen LogP contribution in [0.4, 0.5) is 4.79 Å². The van der Waals surface area contributed by atoms with Gasteiger partial charge in [0.2, 0.25) is 5.91 Å². The van der Waals surface area contributed by atoms with Crippen LogP contribution in [0.5, 0.6) is 0 Å². The lowest BCUT2D eigenvalue weighted by Crippen LogP contribution is -2.32. The van der Waals surface area contributed by atoms with E-state index in [4.69, 9.17) is 9.47 Å². The molecule has 2 fully saturated rings. The summed E-state index contributed by atoms with van der Waals surface area (Å²) >= 11 is 0. The van der Waals surface area contributed by atoms with Crippen LogP contribution in [0, 0.1) is 11.8 Å². The number of carbonyl (C=O) groups excluding carboxylic acids is 2. The zero-order valence-electron chi connectivity index (χ0n) is 18.6. The Morgan fingerprint density at radius 3 is 2.27 bits per heavy atom. The van der Waals surface area contributed by atoms with E-state index in [1.54, 1.807) is 26.8 Å². The Morgan fingerprint density at radius 1 is 1.10 bits per heavy atom. The summed E-state index contributed by atoms with van der Waals surface area (Å²) in [6.45, 7) is 13.0. The fraction of sp³-hybridized carbons (Fsp3) is 0.545. The quantitative estimate of drug-likeness (QED) is 0.375. The van der Waals surface area contributed by atoms with Gasteiger partial charge in [-0.05, 0) is 57.9 Å². The second-order valence-corrected chi connectivity index (χ2v) is 8.67. The largest absolute Gasteiger partial charge is 0.495 e. The normalized spacial score (nSPS) is 22.8. The third-order valence-electron chi connectivity index (χ3n) is 4.92. The molecule has 0 spiro atoms. The van der Waals surface area contributed by atoms with E-state index in [0.29, 0.717) is 23.3 Å². The van der Waals surface area contributed by atoms with E-state index in [2.05, 4.69) is 34.1 Å². The molecule has 2 N–H and O–H groups in total. The SMILES string of the molecule is C=CC(=O)N/C=C/C(NC(=O)OC(C)(C)C)=C(\C=C\N1CC2CN(C)CC2C1)OC. The molecule has 2 amide bonds. The standard InChI is InChI=1S/C22H34N4O4/c1-7-20(27)23-10-8-18(24-21(28)30-22(2,3)4)19(29-6)9-11-26-14-16-12-25(5)13-17(16)15-26/h7-11,16-17H,1,12-15H2,2-6H3,(H,23,27)(H,24,28)/b10-8+,11-9+,19-18-. The summed E-state index contributed by atoms with van der Waals surface area (Å²) in [6, 6.07) is 0. The van der Waals surface area contributed by atoms with Crippen LogP contribution in [0.15, 0.2) is 48.7 Å². The van der Waals surface area contributed by atoms with Crippen molar-refractivity contribution >= 4 is 12.0 Å². The van der Waals surface area contributed by atoms with Crippen molar-refractivity contribution in [3.63, 3.8) is 0 Å². The number of alkyl carbamates (subject to hydrolysis) is 1. The Labute approximate surface area is 179 Å². The Morgan fingerprint density at radius 2 is 1.73 bits per heavy atom. The van der Waals surface area contributed by atoms with Crippen LogP contribution in [-0.2, 0) is 14.3 Å². The highest BCUT2D eigenvalue weighted by molar-refractivity contribution is 5.87. The van der Waals surface area contributed by atoms with Crippen LogP contribution in [0.25, 0.3) is 0 Å². The maximum absolute atomic E-state index is 12.3. The van der Waals surface area contributed by atoms with Gasteiger partial charge in [-0.25, -0.2) is 4.79 Å². The van der Waals surface area contributed by atoms with Crippen molar-refractivity contribution in [3.8, 4) is 0 Å². The van der Waals surface area contributed by atoms with E-state index >= 15 is 0 Å². The average molecular weight is 419 g/mol. The molecule has 0 aromatic carbocycles. The topological polar surface area (TPSA) is 83.1 Å². The molecule has 0 bridgehead atoms. The zero-order valence-corrected chi connectivity index (χ0v) is 18.6. The number of hydrogen-bond donors (Lipinski definition) is 2. The Hall–Kier alpha value is -2.74. The second kappa shape index (κ2) is 10.3. The summed E-state index contributed by atoms with van der Waals surface area (Å²) in [4.78, 5) is 28.3. The molecule has 2 rings (SSSR count). The Bertz CT molecular complexity index is 722. The molecule has 2 aliphatic rings. The fourth-order valence-corrected chi connectivity index (χ4v) is 3.69. The molecule has 0 radical (unpaired) electrons. The van der Waals surface area contributed by atoms with Crippen LogP contribution in [0.3, 0.4) is 0 Å². The second-order valence-electron chi connectivity index (χ2n) is 8.67.